The third-order valence-electron chi connectivity index (χ3n) is 9.10. The number of pyridine rings is 1. The summed E-state index contributed by atoms with van der Waals surface area (Å²) in [6.07, 6.45) is 2.41. The summed E-state index contributed by atoms with van der Waals surface area (Å²) < 4.78 is 46.3. The zero-order valence-electron chi connectivity index (χ0n) is 23.8. The lowest BCUT2D eigenvalue weighted by Crippen LogP contribution is -2.44. The van der Waals surface area contributed by atoms with Crippen molar-refractivity contribution in [1.29, 1.82) is 0 Å². The number of likely N-dealkylation sites (tertiary alicyclic amines) is 1. The number of aromatic nitrogens is 4. The topological polar surface area (TPSA) is 76.3 Å². The molecule has 2 aromatic heterocycles. The van der Waals surface area contributed by atoms with E-state index >= 15 is 0 Å². The fraction of sp³-hybridized carbons (Fsp3) is 0.533. The Morgan fingerprint density at radius 3 is 2.44 bits per heavy atom. The fourth-order valence-corrected chi connectivity index (χ4v) is 7.24. The summed E-state index contributed by atoms with van der Waals surface area (Å²) in [4.78, 5) is 30.6. The van der Waals surface area contributed by atoms with Gasteiger partial charge in [-0.1, -0.05) is 13.8 Å². The molecule has 2 fully saturated rings. The summed E-state index contributed by atoms with van der Waals surface area (Å²) in [6.45, 7) is 5.95. The normalized spacial score (nSPS) is 25.0. The Kier molecular flexibility index (Phi) is 6.63. The molecule has 0 N–H and O–H groups in total. The molecular weight excluding hydrogens is 533 g/mol. The van der Waals surface area contributed by atoms with E-state index in [9.17, 15) is 22.8 Å². The number of fused-ring (bicyclic) bond motifs is 1. The Morgan fingerprint density at radius 2 is 1.80 bits per heavy atom. The minimum Gasteiger partial charge on any atom is -0.320 e. The number of alkyl halides is 3. The Bertz CT molecular complexity index is 1570. The van der Waals surface area contributed by atoms with Gasteiger partial charge in [0.2, 0.25) is 0 Å². The zero-order chi connectivity index (χ0) is 29.3. The molecule has 4 heterocycles. The van der Waals surface area contributed by atoms with Gasteiger partial charge in [-0.2, -0.15) is 13.2 Å². The molecule has 1 amide bonds. The van der Waals surface area contributed by atoms with E-state index in [0.717, 1.165) is 50.2 Å². The number of halogens is 3. The number of rotatable bonds is 5. The fourth-order valence-electron chi connectivity index (χ4n) is 7.24. The Balaban J connectivity index is 1.41. The highest BCUT2D eigenvalue weighted by atomic mass is 19.4. The number of carbonyl (C=O) groups is 1. The molecule has 3 aromatic rings. The first kappa shape index (κ1) is 27.7. The SMILES string of the molecule is CC1CC(c2cc(N3Cc4c(cc(CN5CCC[C@H](C)C5)cc4C(F)(F)F)C3=O)c(=O)n(C)c2)(c2nncn2C)C1. The van der Waals surface area contributed by atoms with Crippen molar-refractivity contribution >= 4 is 11.6 Å². The van der Waals surface area contributed by atoms with Gasteiger partial charge in [0, 0.05) is 38.9 Å². The average Bonchev–Trinajstić information content (AvgIpc) is 3.46. The third-order valence-corrected chi connectivity index (χ3v) is 9.10. The molecule has 0 spiro atoms. The number of hydrogen-bond donors (Lipinski definition) is 0. The predicted molar refractivity (Wildman–Crippen MR) is 147 cm³/mol. The van der Waals surface area contributed by atoms with Crippen LogP contribution in [0.2, 0.25) is 0 Å². The molecule has 41 heavy (non-hydrogen) atoms. The molecule has 0 radical (unpaired) electrons. The predicted octanol–water partition coefficient (Wildman–Crippen LogP) is 4.64. The number of hydrogen-bond acceptors (Lipinski definition) is 5. The van der Waals surface area contributed by atoms with Crippen LogP contribution in [0.25, 0.3) is 0 Å². The molecule has 6 rings (SSSR count). The molecule has 2 aliphatic heterocycles. The van der Waals surface area contributed by atoms with Gasteiger partial charge in [-0.05, 0) is 79.0 Å². The van der Waals surface area contributed by atoms with E-state index < -0.39 is 28.6 Å². The van der Waals surface area contributed by atoms with Crippen LogP contribution in [0.3, 0.4) is 0 Å². The lowest BCUT2D eigenvalue weighted by atomic mass is 9.59. The van der Waals surface area contributed by atoms with Crippen molar-refractivity contribution in [3.8, 4) is 0 Å². The molecule has 0 bridgehead atoms. The monoisotopic (exact) mass is 568 g/mol. The lowest BCUT2D eigenvalue weighted by Gasteiger charge is -2.46. The third kappa shape index (κ3) is 4.67. The van der Waals surface area contributed by atoms with Crippen LogP contribution in [0.1, 0.15) is 78.0 Å². The summed E-state index contributed by atoms with van der Waals surface area (Å²) in [5.41, 5.74) is -0.467. The number of anilines is 1. The Morgan fingerprint density at radius 1 is 1.05 bits per heavy atom. The first-order chi connectivity index (χ1) is 19.4. The van der Waals surface area contributed by atoms with E-state index in [1.54, 1.807) is 31.7 Å². The van der Waals surface area contributed by atoms with Crippen molar-refractivity contribution in [2.45, 2.75) is 64.2 Å². The summed E-state index contributed by atoms with van der Waals surface area (Å²) in [6, 6.07) is 4.45. The quantitative estimate of drug-likeness (QED) is 0.448. The van der Waals surface area contributed by atoms with Crippen molar-refractivity contribution in [3.05, 3.63) is 74.7 Å². The molecule has 218 valence electrons. The van der Waals surface area contributed by atoms with Gasteiger partial charge in [0.05, 0.1) is 17.5 Å². The average molecular weight is 569 g/mol. The molecule has 1 aliphatic carbocycles. The maximum absolute atomic E-state index is 14.3. The van der Waals surface area contributed by atoms with E-state index in [1.165, 1.54) is 15.5 Å². The van der Waals surface area contributed by atoms with Crippen molar-refractivity contribution in [2.75, 3.05) is 18.0 Å². The van der Waals surface area contributed by atoms with Crippen molar-refractivity contribution in [1.82, 2.24) is 24.2 Å². The summed E-state index contributed by atoms with van der Waals surface area (Å²) in [5.74, 6) is 1.07. The largest absolute Gasteiger partial charge is 0.416 e. The van der Waals surface area contributed by atoms with Gasteiger partial charge in [0.25, 0.3) is 11.5 Å². The molecule has 1 saturated heterocycles. The van der Waals surface area contributed by atoms with E-state index in [1.807, 2.05) is 11.6 Å². The van der Waals surface area contributed by atoms with Gasteiger partial charge >= 0.3 is 6.18 Å². The Labute approximate surface area is 236 Å². The maximum Gasteiger partial charge on any atom is 0.416 e. The molecular formula is C30H35F3N6O2. The van der Waals surface area contributed by atoms with E-state index in [0.29, 0.717) is 23.9 Å². The first-order valence-electron chi connectivity index (χ1n) is 14.2. The van der Waals surface area contributed by atoms with E-state index in [2.05, 4.69) is 28.9 Å². The number of piperidine rings is 1. The smallest absolute Gasteiger partial charge is 0.320 e. The lowest BCUT2D eigenvalue weighted by molar-refractivity contribution is -0.138. The molecule has 3 aliphatic rings. The number of amides is 1. The maximum atomic E-state index is 14.3. The van der Waals surface area contributed by atoms with Gasteiger partial charge in [0.1, 0.15) is 17.8 Å². The van der Waals surface area contributed by atoms with Crippen molar-refractivity contribution in [2.24, 2.45) is 25.9 Å². The first-order valence-corrected chi connectivity index (χ1v) is 14.2. The van der Waals surface area contributed by atoms with Crippen LogP contribution in [0.4, 0.5) is 18.9 Å². The minimum atomic E-state index is -4.63. The summed E-state index contributed by atoms with van der Waals surface area (Å²) in [5, 5.41) is 8.42. The van der Waals surface area contributed by atoms with Gasteiger partial charge < -0.3 is 9.13 Å². The van der Waals surface area contributed by atoms with Crippen molar-refractivity contribution < 1.29 is 18.0 Å². The minimum absolute atomic E-state index is 0.0209. The van der Waals surface area contributed by atoms with Crippen LogP contribution in [0, 0.1) is 11.8 Å². The van der Waals surface area contributed by atoms with Crippen LogP contribution in [0.15, 0.2) is 35.5 Å². The van der Waals surface area contributed by atoms with Gasteiger partial charge in [-0.25, -0.2) is 0 Å². The second-order valence-corrected chi connectivity index (χ2v) is 12.4. The van der Waals surface area contributed by atoms with Gasteiger partial charge in [0.15, 0.2) is 0 Å². The van der Waals surface area contributed by atoms with E-state index in [-0.39, 0.29) is 23.4 Å². The van der Waals surface area contributed by atoms with Crippen LogP contribution in [-0.2, 0) is 38.8 Å². The van der Waals surface area contributed by atoms with Gasteiger partial charge in [-0.3, -0.25) is 19.4 Å². The zero-order valence-corrected chi connectivity index (χ0v) is 23.8. The number of carbonyl (C=O) groups excluding carboxylic acids is 1. The van der Waals surface area contributed by atoms with Crippen molar-refractivity contribution in [3.63, 3.8) is 0 Å². The molecule has 1 saturated carbocycles. The van der Waals surface area contributed by atoms with E-state index in [4.69, 9.17) is 0 Å². The highest BCUT2D eigenvalue weighted by Gasteiger charge is 2.49. The second kappa shape index (κ2) is 9.82. The van der Waals surface area contributed by atoms with Crippen LogP contribution >= 0.6 is 0 Å². The van der Waals surface area contributed by atoms with Crippen LogP contribution in [-0.4, -0.2) is 43.2 Å². The molecule has 1 atom stereocenters. The second-order valence-electron chi connectivity index (χ2n) is 12.4. The van der Waals surface area contributed by atoms with Crippen LogP contribution in [0.5, 0.6) is 0 Å². The number of nitrogens with zero attached hydrogens (tertiary/aromatic N) is 6. The standard InChI is InChI=1S/C30H35F3N6O2/c1-18-6-5-7-38(13-18)14-20-8-22-23(24(9-20)30(31,32)33)16-39(26(22)40)25-10-21(15-36(3)27(25)41)29(11-19(2)12-29)28-35-34-17-37(28)4/h8-10,15,17-19H,5-7,11-14,16H2,1-4H3/t18-,19?,29?/m0/s1. The Hall–Kier alpha value is -3.47. The highest BCUT2D eigenvalue weighted by molar-refractivity contribution is 6.10. The van der Waals surface area contributed by atoms with Gasteiger partial charge in [-0.15, -0.1) is 10.2 Å². The highest BCUT2D eigenvalue weighted by Crippen LogP contribution is 2.52. The molecule has 8 nitrogen and oxygen atoms in total. The van der Waals surface area contributed by atoms with Crippen LogP contribution < -0.4 is 10.5 Å². The molecule has 0 unspecified atom stereocenters. The summed E-state index contributed by atoms with van der Waals surface area (Å²) >= 11 is 0. The summed E-state index contributed by atoms with van der Waals surface area (Å²) in [7, 11) is 3.47. The number of aryl methyl sites for hydroxylation is 2. The molecule has 1 aromatic carbocycles. The number of benzene rings is 1. The molecule has 11 heteroatoms.